The Bertz CT molecular complexity index is 1910. The first-order valence-corrected chi connectivity index (χ1v) is 20.2. The van der Waals surface area contributed by atoms with Crippen molar-refractivity contribution in [2.75, 3.05) is 40.0 Å². The van der Waals surface area contributed by atoms with Crippen LogP contribution in [0.4, 0.5) is 4.79 Å². The second-order valence-electron chi connectivity index (χ2n) is 14.9. The van der Waals surface area contributed by atoms with Crippen LogP contribution >= 0.6 is 0 Å². The van der Waals surface area contributed by atoms with Crippen LogP contribution in [0.5, 0.6) is 11.5 Å². The van der Waals surface area contributed by atoms with E-state index in [0.717, 1.165) is 53.3 Å². The van der Waals surface area contributed by atoms with Crippen LogP contribution in [0, 0.1) is 17.8 Å². The Balaban J connectivity index is 1.58. The number of carbonyl (C=O) groups excluding carboxylic acids is 2. The number of aliphatic hydroxyl groups excluding tert-OH is 2. The number of aliphatic hydroxyl groups is 2. The standard InChI is InChI=1S/C45H57N3O8/c1-5-22-48(43(51)33-19-18-30-14-8-9-15-31(30)26-33)40-29-38(47-53-4)36-27-32(16-10-12-23-49)35(17-11-13-24-50)41-37-28-34(55-44(52)46-7-3)20-21-39(37)56-45(40,42(36)41)54-25-6-2/h6,8-9,14-15,18-21,26-28,32,35,40-42,49-50H,2,5,7,10-13,16-17,22-25,29H2,1,3-4H3,(H,46,52). The Morgan fingerprint density at radius 1 is 1.02 bits per heavy atom. The highest BCUT2D eigenvalue weighted by Gasteiger charge is 2.65. The fourth-order valence-corrected chi connectivity index (χ4v) is 9.24. The molecule has 3 N–H and O–H groups in total. The van der Waals surface area contributed by atoms with E-state index in [-0.39, 0.29) is 43.5 Å². The molecule has 0 aromatic heterocycles. The molecule has 1 saturated carbocycles. The van der Waals surface area contributed by atoms with Crippen LogP contribution in [-0.2, 0) is 9.57 Å². The number of unbranched alkanes of at least 4 members (excludes halogenated alkanes) is 2. The molecule has 3 aromatic rings. The lowest BCUT2D eigenvalue weighted by Gasteiger charge is -2.60. The molecule has 300 valence electrons. The number of fused-ring (bicyclic) bond motifs is 3. The Morgan fingerprint density at radius 3 is 2.50 bits per heavy atom. The third-order valence-corrected chi connectivity index (χ3v) is 11.5. The number of allylic oxidation sites excluding steroid dienone is 1. The maximum Gasteiger partial charge on any atom is 0.412 e. The summed E-state index contributed by atoms with van der Waals surface area (Å²) in [7, 11) is 1.54. The smallest absolute Gasteiger partial charge is 0.412 e. The summed E-state index contributed by atoms with van der Waals surface area (Å²) in [6.07, 6.45) is 9.04. The predicted molar refractivity (Wildman–Crippen MR) is 217 cm³/mol. The molecule has 0 radical (unpaired) electrons. The lowest BCUT2D eigenvalue weighted by atomic mass is 9.55. The molecule has 0 saturated heterocycles. The monoisotopic (exact) mass is 767 g/mol. The molecule has 3 aromatic carbocycles. The maximum absolute atomic E-state index is 15.0. The Hall–Kier alpha value is -4.71. The molecule has 2 amide bonds. The molecular formula is C45H57N3O8. The first-order chi connectivity index (χ1) is 27.3. The second kappa shape index (κ2) is 19.0. The fraction of sp³-hybridized carbons (Fsp3) is 0.489. The SMILES string of the molecule is C=CCOC12Oc3ccc(OC(=O)NCC)cc3C3C(CCCCO)C(CCCCO)C=C(C(=NOC)CC1N(CCC)C(=O)c1ccc4ccccc4c1)C32. The zero-order valence-electron chi connectivity index (χ0n) is 33.0. The van der Waals surface area contributed by atoms with Gasteiger partial charge in [0.1, 0.15) is 24.7 Å². The van der Waals surface area contributed by atoms with Crippen LogP contribution in [0.1, 0.15) is 87.1 Å². The molecule has 6 unspecified atom stereocenters. The van der Waals surface area contributed by atoms with Crippen LogP contribution in [0.2, 0.25) is 0 Å². The largest absolute Gasteiger partial charge is 0.459 e. The van der Waals surface area contributed by atoms with E-state index in [1.165, 1.54) is 7.11 Å². The van der Waals surface area contributed by atoms with Crippen molar-refractivity contribution >= 4 is 28.5 Å². The van der Waals surface area contributed by atoms with Crippen LogP contribution in [0.3, 0.4) is 0 Å². The third kappa shape index (κ3) is 8.36. The number of ether oxygens (including phenoxy) is 3. The van der Waals surface area contributed by atoms with Crippen LogP contribution in [0.25, 0.3) is 10.8 Å². The minimum absolute atomic E-state index is 0.0430. The van der Waals surface area contributed by atoms with Gasteiger partial charge in [0.15, 0.2) is 0 Å². The van der Waals surface area contributed by atoms with Gasteiger partial charge in [-0.3, -0.25) is 4.79 Å². The molecule has 56 heavy (non-hydrogen) atoms. The van der Waals surface area contributed by atoms with Crippen molar-refractivity contribution < 1.29 is 38.9 Å². The summed E-state index contributed by atoms with van der Waals surface area (Å²) in [6.45, 7) is 9.12. The minimum Gasteiger partial charge on any atom is -0.459 e. The number of nitrogens with zero attached hydrogens (tertiary/aromatic N) is 2. The van der Waals surface area contributed by atoms with Crippen LogP contribution in [0.15, 0.2) is 90.1 Å². The summed E-state index contributed by atoms with van der Waals surface area (Å²) in [4.78, 5) is 35.1. The minimum atomic E-state index is -1.38. The highest BCUT2D eigenvalue weighted by Crippen LogP contribution is 2.62. The van der Waals surface area contributed by atoms with E-state index in [2.05, 4.69) is 30.1 Å². The van der Waals surface area contributed by atoms with Crippen LogP contribution < -0.4 is 14.8 Å². The van der Waals surface area contributed by atoms with Gasteiger partial charge in [-0.2, -0.15) is 0 Å². The summed E-state index contributed by atoms with van der Waals surface area (Å²) in [6, 6.07) is 18.6. The zero-order valence-corrected chi connectivity index (χ0v) is 33.0. The molecule has 6 rings (SSSR count). The molecule has 3 aliphatic rings. The normalized spacial score (nSPS) is 24.3. The van der Waals surface area contributed by atoms with Crippen molar-refractivity contribution in [2.24, 2.45) is 22.9 Å². The Morgan fingerprint density at radius 2 is 1.79 bits per heavy atom. The van der Waals surface area contributed by atoms with Gasteiger partial charge >= 0.3 is 6.09 Å². The quantitative estimate of drug-likeness (QED) is 0.0679. The van der Waals surface area contributed by atoms with Gasteiger partial charge in [-0.25, -0.2) is 4.79 Å². The lowest BCUT2D eigenvalue weighted by Crippen LogP contribution is -2.70. The topological polar surface area (TPSA) is 139 Å². The van der Waals surface area contributed by atoms with Crippen molar-refractivity contribution in [3.8, 4) is 11.5 Å². The summed E-state index contributed by atoms with van der Waals surface area (Å²) in [5, 5.41) is 29.1. The fourth-order valence-electron chi connectivity index (χ4n) is 9.24. The highest BCUT2D eigenvalue weighted by atomic mass is 16.7. The molecule has 1 fully saturated rings. The van der Waals surface area contributed by atoms with E-state index in [1.54, 1.807) is 12.1 Å². The van der Waals surface area contributed by atoms with Gasteiger partial charge in [0, 0.05) is 49.8 Å². The number of benzene rings is 3. The number of nitrogens with one attached hydrogen (secondary N) is 1. The van der Waals surface area contributed by atoms with Crippen molar-refractivity contribution in [3.63, 3.8) is 0 Å². The first-order valence-electron chi connectivity index (χ1n) is 20.2. The highest BCUT2D eigenvalue weighted by molar-refractivity contribution is 6.04. The summed E-state index contributed by atoms with van der Waals surface area (Å²) in [5.41, 5.74) is 3.11. The van der Waals surface area contributed by atoms with E-state index in [1.807, 2.05) is 66.4 Å². The van der Waals surface area contributed by atoms with Crippen molar-refractivity contribution in [2.45, 2.75) is 83.0 Å². The molecule has 1 aliphatic heterocycles. The summed E-state index contributed by atoms with van der Waals surface area (Å²) >= 11 is 0. The van der Waals surface area contributed by atoms with Gasteiger partial charge < -0.3 is 39.5 Å². The van der Waals surface area contributed by atoms with Gasteiger partial charge in [0.2, 0.25) is 5.79 Å². The molecule has 11 nitrogen and oxygen atoms in total. The van der Waals surface area contributed by atoms with E-state index < -0.39 is 23.8 Å². The van der Waals surface area contributed by atoms with Gasteiger partial charge in [0.05, 0.1) is 18.2 Å². The average molecular weight is 768 g/mol. The van der Waals surface area contributed by atoms with Crippen molar-refractivity contribution in [1.29, 1.82) is 0 Å². The predicted octanol–water partition coefficient (Wildman–Crippen LogP) is 7.76. The molecular weight excluding hydrogens is 711 g/mol. The zero-order chi connectivity index (χ0) is 39.7. The number of amides is 2. The van der Waals surface area contributed by atoms with Crippen molar-refractivity contribution in [3.05, 3.63) is 96.1 Å². The lowest BCUT2D eigenvalue weighted by molar-refractivity contribution is -0.254. The van der Waals surface area contributed by atoms with E-state index in [0.29, 0.717) is 55.8 Å². The molecule has 1 heterocycles. The molecule has 6 atom stereocenters. The Labute approximate surface area is 330 Å². The average Bonchev–Trinajstić information content (AvgIpc) is 3.20. The molecule has 2 aliphatic carbocycles. The van der Waals surface area contributed by atoms with E-state index >= 15 is 0 Å². The van der Waals surface area contributed by atoms with Gasteiger partial charge in [-0.05, 0) is 97.5 Å². The summed E-state index contributed by atoms with van der Waals surface area (Å²) < 4.78 is 20.1. The summed E-state index contributed by atoms with van der Waals surface area (Å²) in [5.74, 6) is -1.10. The molecule has 11 heteroatoms. The number of rotatable bonds is 18. The van der Waals surface area contributed by atoms with Crippen LogP contribution in [-0.4, -0.2) is 84.7 Å². The number of oxime groups is 1. The van der Waals surface area contributed by atoms with E-state index in [9.17, 15) is 19.8 Å². The third-order valence-electron chi connectivity index (χ3n) is 11.5. The van der Waals surface area contributed by atoms with E-state index in [4.69, 9.17) is 19.0 Å². The first kappa shape index (κ1) is 40.9. The van der Waals surface area contributed by atoms with Gasteiger partial charge in [-0.15, -0.1) is 6.58 Å². The maximum atomic E-state index is 15.0. The van der Waals surface area contributed by atoms with Gasteiger partial charge in [0.25, 0.3) is 5.91 Å². The molecule has 0 bridgehead atoms. The Kier molecular flexibility index (Phi) is 13.9. The second-order valence-corrected chi connectivity index (χ2v) is 14.9. The number of carbonyl (C=O) groups is 2. The van der Waals surface area contributed by atoms with Crippen molar-refractivity contribution in [1.82, 2.24) is 10.2 Å². The number of hydrogen-bond donors (Lipinski definition) is 3. The van der Waals surface area contributed by atoms with Gasteiger partial charge in [-0.1, -0.05) is 67.4 Å². The molecule has 0 spiro atoms. The number of hydrogen-bond acceptors (Lipinski definition) is 9.